The highest BCUT2D eigenvalue weighted by atomic mass is 79.9. The summed E-state index contributed by atoms with van der Waals surface area (Å²) in [5, 5.41) is 3.16. The highest BCUT2D eigenvalue weighted by Gasteiger charge is 2.24. The number of benzene rings is 1. The summed E-state index contributed by atoms with van der Waals surface area (Å²) in [7, 11) is -7.04. The number of sulfonamides is 1. The van der Waals surface area contributed by atoms with Crippen molar-refractivity contribution in [1.82, 2.24) is 10.0 Å². The Morgan fingerprint density at radius 1 is 1.19 bits per heavy atom. The molecule has 0 aliphatic carbocycles. The van der Waals surface area contributed by atoms with Crippen LogP contribution >= 0.6 is 15.9 Å². The molecule has 0 unspecified atom stereocenters. The third-order valence-electron chi connectivity index (χ3n) is 3.28. The summed E-state index contributed by atoms with van der Waals surface area (Å²) in [5.41, 5.74) is 0. The van der Waals surface area contributed by atoms with Gasteiger partial charge in [0.2, 0.25) is 10.0 Å². The first-order chi connectivity index (χ1) is 9.70. The Morgan fingerprint density at radius 2 is 1.81 bits per heavy atom. The molecule has 1 heterocycles. The SMILES string of the molecule is CS(=O)(=O)c1ccc(S(=O)(=O)NC2CCNCC2)c(Br)c1. The molecule has 2 rings (SSSR count). The van der Waals surface area contributed by atoms with Crippen molar-refractivity contribution < 1.29 is 16.8 Å². The number of hydrogen-bond donors (Lipinski definition) is 2. The first kappa shape index (κ1) is 16.9. The molecular weight excluding hydrogens is 380 g/mol. The largest absolute Gasteiger partial charge is 0.317 e. The molecule has 0 spiro atoms. The minimum atomic E-state index is -3.67. The van der Waals surface area contributed by atoms with E-state index in [0.29, 0.717) is 0 Å². The van der Waals surface area contributed by atoms with E-state index in [1.807, 2.05) is 0 Å². The molecule has 0 aromatic heterocycles. The molecule has 1 aliphatic rings. The minimum absolute atomic E-state index is 0.0495. The summed E-state index contributed by atoms with van der Waals surface area (Å²) in [6.45, 7) is 1.56. The van der Waals surface area contributed by atoms with Crippen LogP contribution in [0.25, 0.3) is 0 Å². The minimum Gasteiger partial charge on any atom is -0.317 e. The number of halogens is 1. The Kier molecular flexibility index (Phi) is 5.09. The van der Waals surface area contributed by atoms with E-state index in [0.717, 1.165) is 32.2 Å². The lowest BCUT2D eigenvalue weighted by molar-refractivity contribution is 0.427. The smallest absolute Gasteiger partial charge is 0.241 e. The molecule has 6 nitrogen and oxygen atoms in total. The van der Waals surface area contributed by atoms with E-state index in [-0.39, 0.29) is 20.3 Å². The molecule has 0 radical (unpaired) electrons. The number of nitrogens with one attached hydrogen (secondary N) is 2. The summed E-state index contributed by atoms with van der Waals surface area (Å²) >= 11 is 3.14. The number of rotatable bonds is 4. The van der Waals surface area contributed by atoms with Gasteiger partial charge in [-0.25, -0.2) is 21.6 Å². The quantitative estimate of drug-likeness (QED) is 0.787. The van der Waals surface area contributed by atoms with Crippen LogP contribution in [0.5, 0.6) is 0 Å². The lowest BCUT2D eigenvalue weighted by atomic mass is 10.1. The van der Waals surface area contributed by atoms with Crippen LogP contribution in [0, 0.1) is 0 Å². The molecular formula is C12H17BrN2O4S2. The summed E-state index contributed by atoms with van der Waals surface area (Å²) in [4.78, 5) is 0.128. The molecule has 1 aromatic carbocycles. The Hall–Kier alpha value is -0.480. The number of sulfone groups is 1. The zero-order valence-corrected chi connectivity index (χ0v) is 14.7. The standard InChI is InChI=1S/C12H17BrN2O4S2/c1-20(16,17)10-2-3-12(11(13)8-10)21(18,19)15-9-4-6-14-7-5-9/h2-3,8-9,14-15H,4-7H2,1H3. The van der Waals surface area contributed by atoms with Crippen LogP contribution in [0.1, 0.15) is 12.8 Å². The van der Waals surface area contributed by atoms with Gasteiger partial charge in [0, 0.05) is 16.8 Å². The van der Waals surface area contributed by atoms with E-state index in [1.54, 1.807) is 0 Å². The van der Waals surface area contributed by atoms with Gasteiger partial charge in [0.25, 0.3) is 0 Å². The third kappa shape index (κ3) is 4.26. The van der Waals surface area contributed by atoms with Crippen molar-refractivity contribution in [3.63, 3.8) is 0 Å². The lowest BCUT2D eigenvalue weighted by Gasteiger charge is -2.23. The van der Waals surface area contributed by atoms with Gasteiger partial charge in [0.15, 0.2) is 9.84 Å². The van der Waals surface area contributed by atoms with Crippen molar-refractivity contribution in [3.05, 3.63) is 22.7 Å². The van der Waals surface area contributed by atoms with Gasteiger partial charge in [-0.2, -0.15) is 0 Å². The van der Waals surface area contributed by atoms with Crippen molar-refractivity contribution in [2.45, 2.75) is 28.7 Å². The number of hydrogen-bond acceptors (Lipinski definition) is 5. The van der Waals surface area contributed by atoms with Crippen LogP contribution in [0.3, 0.4) is 0 Å². The van der Waals surface area contributed by atoms with Gasteiger partial charge in [0.1, 0.15) is 0 Å². The van der Waals surface area contributed by atoms with Crippen molar-refractivity contribution in [2.24, 2.45) is 0 Å². The van der Waals surface area contributed by atoms with E-state index in [4.69, 9.17) is 0 Å². The summed E-state index contributed by atoms with van der Waals surface area (Å²) < 4.78 is 50.6. The Labute approximate surface area is 133 Å². The van der Waals surface area contributed by atoms with Gasteiger partial charge in [-0.3, -0.25) is 0 Å². The second-order valence-corrected chi connectivity index (χ2v) is 9.56. The zero-order chi connectivity index (χ0) is 15.7. The summed E-state index contributed by atoms with van der Waals surface area (Å²) in [5.74, 6) is 0. The van der Waals surface area contributed by atoms with Gasteiger partial charge >= 0.3 is 0 Å². The second-order valence-electron chi connectivity index (χ2n) is 5.01. The van der Waals surface area contributed by atoms with Gasteiger partial charge in [-0.05, 0) is 60.1 Å². The fourth-order valence-electron chi connectivity index (χ4n) is 2.15. The highest BCUT2D eigenvalue weighted by Crippen LogP contribution is 2.25. The average Bonchev–Trinajstić information content (AvgIpc) is 2.37. The van der Waals surface area contributed by atoms with E-state index in [2.05, 4.69) is 26.0 Å². The van der Waals surface area contributed by atoms with Crippen molar-refractivity contribution in [2.75, 3.05) is 19.3 Å². The van der Waals surface area contributed by atoms with Crippen molar-refractivity contribution in [3.8, 4) is 0 Å². The molecule has 1 fully saturated rings. The molecule has 1 aromatic rings. The van der Waals surface area contributed by atoms with E-state index in [9.17, 15) is 16.8 Å². The van der Waals surface area contributed by atoms with Crippen LogP contribution in [0.15, 0.2) is 32.5 Å². The van der Waals surface area contributed by atoms with Crippen molar-refractivity contribution >= 4 is 35.8 Å². The van der Waals surface area contributed by atoms with Gasteiger partial charge < -0.3 is 5.32 Å². The fraction of sp³-hybridized carbons (Fsp3) is 0.500. The number of piperidine rings is 1. The molecule has 0 bridgehead atoms. The maximum atomic E-state index is 12.4. The molecule has 21 heavy (non-hydrogen) atoms. The summed E-state index contributed by atoms with van der Waals surface area (Å²) in [6.07, 6.45) is 2.55. The van der Waals surface area contributed by atoms with E-state index >= 15 is 0 Å². The van der Waals surface area contributed by atoms with Crippen LogP contribution in [-0.2, 0) is 19.9 Å². The molecule has 9 heteroatoms. The summed E-state index contributed by atoms with van der Waals surface area (Å²) in [6, 6.07) is 3.82. The molecule has 1 aliphatic heterocycles. The second kappa shape index (κ2) is 6.33. The predicted molar refractivity (Wildman–Crippen MR) is 83.5 cm³/mol. The average molecular weight is 397 g/mol. The molecule has 0 amide bonds. The van der Waals surface area contributed by atoms with E-state index in [1.165, 1.54) is 18.2 Å². The molecule has 1 saturated heterocycles. The molecule has 0 saturated carbocycles. The molecule has 118 valence electrons. The predicted octanol–water partition coefficient (Wildman–Crippen LogP) is 0.883. The van der Waals surface area contributed by atoms with Crippen LogP contribution < -0.4 is 10.0 Å². The Balaban J connectivity index is 2.28. The topological polar surface area (TPSA) is 92.3 Å². The van der Waals surface area contributed by atoms with Crippen LogP contribution in [0.2, 0.25) is 0 Å². The van der Waals surface area contributed by atoms with Gasteiger partial charge in [-0.15, -0.1) is 0 Å². The molecule has 2 N–H and O–H groups in total. The normalized spacial score (nSPS) is 17.8. The maximum Gasteiger partial charge on any atom is 0.241 e. The van der Waals surface area contributed by atoms with E-state index < -0.39 is 19.9 Å². The van der Waals surface area contributed by atoms with Crippen LogP contribution in [0.4, 0.5) is 0 Å². The molecule has 0 atom stereocenters. The van der Waals surface area contributed by atoms with Gasteiger partial charge in [-0.1, -0.05) is 0 Å². The maximum absolute atomic E-state index is 12.4. The third-order valence-corrected chi connectivity index (χ3v) is 6.89. The van der Waals surface area contributed by atoms with Gasteiger partial charge in [0.05, 0.1) is 9.79 Å². The Bertz CT molecular complexity index is 726. The van der Waals surface area contributed by atoms with Crippen LogP contribution in [-0.4, -0.2) is 42.2 Å². The monoisotopic (exact) mass is 396 g/mol. The highest BCUT2D eigenvalue weighted by molar-refractivity contribution is 9.10. The first-order valence-corrected chi connectivity index (χ1v) is 10.6. The Morgan fingerprint density at radius 3 is 2.33 bits per heavy atom. The van der Waals surface area contributed by atoms with Crippen molar-refractivity contribution in [1.29, 1.82) is 0 Å². The zero-order valence-electron chi connectivity index (χ0n) is 11.5. The first-order valence-electron chi connectivity index (χ1n) is 6.43. The fourth-order valence-corrected chi connectivity index (χ4v) is 5.33. The lowest BCUT2D eigenvalue weighted by Crippen LogP contribution is -2.42.